The maximum atomic E-state index is 8.67. The van der Waals surface area contributed by atoms with Crippen LogP contribution in [0.25, 0.3) is 0 Å². The van der Waals surface area contributed by atoms with E-state index >= 15 is 0 Å². The van der Waals surface area contributed by atoms with Crippen LogP contribution in [0.5, 0.6) is 0 Å². The van der Waals surface area contributed by atoms with Gasteiger partial charge in [0.25, 0.3) is 0 Å². The summed E-state index contributed by atoms with van der Waals surface area (Å²) in [5.41, 5.74) is 0.0386. The predicted molar refractivity (Wildman–Crippen MR) is 66.7 cm³/mol. The zero-order valence-corrected chi connectivity index (χ0v) is 11.1. The lowest BCUT2D eigenvalue weighted by Crippen LogP contribution is -2.21. The molecule has 1 N–H and O–H groups in total. The van der Waals surface area contributed by atoms with Crippen LogP contribution in [0.15, 0.2) is 11.5 Å². The van der Waals surface area contributed by atoms with Crippen LogP contribution in [-0.4, -0.2) is 32.2 Å². The van der Waals surface area contributed by atoms with Gasteiger partial charge in [-0.05, 0) is 33.6 Å². The highest BCUT2D eigenvalue weighted by molar-refractivity contribution is 7.99. The molecule has 0 aliphatic carbocycles. The molecule has 4 nitrogen and oxygen atoms in total. The standard InChI is InChI=1S/C11H21N3OS/c1-11(2,3)14-9-12-13-10(14)16-8-6-4-5-7-15/h9,15H,4-8H2,1-3H3. The molecular weight excluding hydrogens is 222 g/mol. The quantitative estimate of drug-likeness (QED) is 0.615. The number of nitrogens with zero attached hydrogens (tertiary/aromatic N) is 3. The molecule has 0 unspecified atom stereocenters. The molecule has 0 amide bonds. The Kier molecular flexibility index (Phi) is 5.28. The van der Waals surface area contributed by atoms with Gasteiger partial charge in [-0.15, -0.1) is 10.2 Å². The minimum absolute atomic E-state index is 0.0386. The fourth-order valence-corrected chi connectivity index (χ4v) is 2.43. The predicted octanol–water partition coefficient (Wildman–Crippen LogP) is 2.29. The summed E-state index contributed by atoms with van der Waals surface area (Å²) in [4.78, 5) is 0. The normalized spacial score (nSPS) is 12.0. The molecule has 1 heterocycles. The lowest BCUT2D eigenvalue weighted by atomic mass is 10.1. The summed E-state index contributed by atoms with van der Waals surface area (Å²) in [6.45, 7) is 6.73. The Bertz CT molecular complexity index is 306. The van der Waals surface area contributed by atoms with E-state index in [0.717, 1.165) is 30.2 Å². The summed E-state index contributed by atoms with van der Waals surface area (Å²) in [7, 11) is 0. The van der Waals surface area contributed by atoms with Gasteiger partial charge in [-0.1, -0.05) is 18.2 Å². The minimum Gasteiger partial charge on any atom is -0.396 e. The van der Waals surface area contributed by atoms with Crippen LogP contribution in [0.2, 0.25) is 0 Å². The third-order valence-corrected chi connectivity index (χ3v) is 3.30. The minimum atomic E-state index is 0.0386. The Morgan fingerprint density at radius 1 is 1.31 bits per heavy atom. The molecule has 0 spiro atoms. The van der Waals surface area contributed by atoms with Crippen molar-refractivity contribution in [3.05, 3.63) is 6.33 Å². The van der Waals surface area contributed by atoms with Gasteiger partial charge in [-0.2, -0.15) is 0 Å². The van der Waals surface area contributed by atoms with Crippen molar-refractivity contribution in [3.8, 4) is 0 Å². The van der Waals surface area contributed by atoms with Crippen molar-refractivity contribution in [1.82, 2.24) is 14.8 Å². The highest BCUT2D eigenvalue weighted by Crippen LogP contribution is 2.23. The molecule has 0 aromatic carbocycles. The van der Waals surface area contributed by atoms with E-state index in [0.29, 0.717) is 6.61 Å². The van der Waals surface area contributed by atoms with Gasteiger partial charge in [0.05, 0.1) is 0 Å². The first-order valence-corrected chi connectivity index (χ1v) is 6.68. The van der Waals surface area contributed by atoms with Crippen molar-refractivity contribution in [1.29, 1.82) is 0 Å². The summed E-state index contributed by atoms with van der Waals surface area (Å²) >= 11 is 1.74. The van der Waals surface area contributed by atoms with Gasteiger partial charge in [-0.25, -0.2) is 0 Å². The zero-order valence-electron chi connectivity index (χ0n) is 10.3. The van der Waals surface area contributed by atoms with E-state index in [-0.39, 0.29) is 5.54 Å². The lowest BCUT2D eigenvalue weighted by molar-refractivity contribution is 0.284. The van der Waals surface area contributed by atoms with E-state index in [9.17, 15) is 0 Å². The Morgan fingerprint density at radius 2 is 2.06 bits per heavy atom. The van der Waals surface area contributed by atoms with E-state index in [1.54, 1.807) is 18.1 Å². The molecular formula is C11H21N3OS. The zero-order chi connectivity index (χ0) is 12.0. The van der Waals surface area contributed by atoms with Crippen LogP contribution in [0.3, 0.4) is 0 Å². The molecule has 0 bridgehead atoms. The van der Waals surface area contributed by atoms with Gasteiger partial charge in [0.15, 0.2) is 5.16 Å². The van der Waals surface area contributed by atoms with Crippen LogP contribution in [0, 0.1) is 0 Å². The molecule has 5 heteroatoms. The number of aliphatic hydroxyl groups excluding tert-OH is 1. The second-order valence-corrected chi connectivity index (χ2v) is 5.85. The van der Waals surface area contributed by atoms with Crippen molar-refractivity contribution >= 4 is 11.8 Å². The van der Waals surface area contributed by atoms with E-state index in [2.05, 4.69) is 35.5 Å². The van der Waals surface area contributed by atoms with Crippen molar-refractivity contribution in [3.63, 3.8) is 0 Å². The fourth-order valence-electron chi connectivity index (χ4n) is 1.34. The SMILES string of the molecule is CC(C)(C)n1cnnc1SCCCCCO. The lowest BCUT2D eigenvalue weighted by Gasteiger charge is -2.21. The van der Waals surface area contributed by atoms with Crippen LogP contribution < -0.4 is 0 Å². The number of rotatable bonds is 6. The maximum Gasteiger partial charge on any atom is 0.191 e. The van der Waals surface area contributed by atoms with Gasteiger partial charge in [0.1, 0.15) is 6.33 Å². The van der Waals surface area contributed by atoms with E-state index in [4.69, 9.17) is 5.11 Å². The van der Waals surface area contributed by atoms with Crippen molar-refractivity contribution in [2.24, 2.45) is 0 Å². The second kappa shape index (κ2) is 6.25. The average Bonchev–Trinajstić information content (AvgIpc) is 2.65. The summed E-state index contributed by atoms with van der Waals surface area (Å²) in [5, 5.41) is 17.7. The molecule has 1 rings (SSSR count). The van der Waals surface area contributed by atoms with Gasteiger partial charge < -0.3 is 9.67 Å². The molecule has 0 saturated carbocycles. The van der Waals surface area contributed by atoms with Gasteiger partial charge in [0.2, 0.25) is 0 Å². The fraction of sp³-hybridized carbons (Fsp3) is 0.818. The Morgan fingerprint density at radius 3 is 2.69 bits per heavy atom. The number of thioether (sulfide) groups is 1. The number of aliphatic hydroxyl groups is 1. The topological polar surface area (TPSA) is 50.9 Å². The highest BCUT2D eigenvalue weighted by Gasteiger charge is 2.17. The van der Waals surface area contributed by atoms with Crippen LogP contribution in [0.1, 0.15) is 40.0 Å². The van der Waals surface area contributed by atoms with Crippen molar-refractivity contribution in [2.45, 2.75) is 50.7 Å². The molecule has 92 valence electrons. The molecule has 0 fully saturated rings. The monoisotopic (exact) mass is 243 g/mol. The van der Waals surface area contributed by atoms with E-state index in [1.165, 1.54) is 0 Å². The molecule has 0 aliphatic heterocycles. The molecule has 0 atom stereocenters. The summed E-state index contributed by atoms with van der Waals surface area (Å²) in [6.07, 6.45) is 4.87. The van der Waals surface area contributed by atoms with Crippen LogP contribution in [-0.2, 0) is 5.54 Å². The first-order chi connectivity index (χ1) is 7.55. The molecule has 1 aromatic heterocycles. The van der Waals surface area contributed by atoms with E-state index in [1.807, 2.05) is 0 Å². The van der Waals surface area contributed by atoms with Gasteiger partial charge in [-0.3, -0.25) is 0 Å². The van der Waals surface area contributed by atoms with Gasteiger partial charge >= 0.3 is 0 Å². The average molecular weight is 243 g/mol. The first-order valence-electron chi connectivity index (χ1n) is 5.70. The Labute approximate surface area is 101 Å². The molecule has 1 aromatic rings. The van der Waals surface area contributed by atoms with Crippen LogP contribution in [0.4, 0.5) is 0 Å². The Hall–Kier alpha value is -0.550. The largest absolute Gasteiger partial charge is 0.396 e. The second-order valence-electron chi connectivity index (χ2n) is 4.79. The van der Waals surface area contributed by atoms with Crippen LogP contribution >= 0.6 is 11.8 Å². The number of unbranched alkanes of at least 4 members (excludes halogenated alkanes) is 2. The summed E-state index contributed by atoms with van der Waals surface area (Å²) in [6, 6.07) is 0. The maximum absolute atomic E-state index is 8.67. The Balaban J connectivity index is 2.40. The smallest absolute Gasteiger partial charge is 0.191 e. The molecule has 0 saturated heterocycles. The number of hydrogen-bond donors (Lipinski definition) is 1. The third-order valence-electron chi connectivity index (χ3n) is 2.27. The highest BCUT2D eigenvalue weighted by atomic mass is 32.2. The van der Waals surface area contributed by atoms with Gasteiger partial charge in [0, 0.05) is 17.9 Å². The van der Waals surface area contributed by atoms with Crippen molar-refractivity contribution in [2.75, 3.05) is 12.4 Å². The van der Waals surface area contributed by atoms with E-state index < -0.39 is 0 Å². The molecule has 0 radical (unpaired) electrons. The first kappa shape index (κ1) is 13.5. The number of hydrogen-bond acceptors (Lipinski definition) is 4. The van der Waals surface area contributed by atoms with Crippen molar-refractivity contribution < 1.29 is 5.11 Å². The molecule has 16 heavy (non-hydrogen) atoms. The summed E-state index contributed by atoms with van der Waals surface area (Å²) in [5.74, 6) is 1.04. The molecule has 0 aliphatic rings. The third kappa shape index (κ3) is 4.14. The summed E-state index contributed by atoms with van der Waals surface area (Å²) < 4.78 is 2.10. The number of aromatic nitrogens is 3.